The Morgan fingerprint density at radius 1 is 1.44 bits per heavy atom. The zero-order valence-corrected chi connectivity index (χ0v) is 15.2. The maximum absolute atomic E-state index is 12.1. The van der Waals surface area contributed by atoms with E-state index in [1.807, 2.05) is 11.8 Å². The number of rotatable bonds is 6. The molecule has 1 aromatic carbocycles. The molecule has 1 unspecified atom stereocenters. The summed E-state index contributed by atoms with van der Waals surface area (Å²) in [5, 5.41) is 13.9. The van der Waals surface area contributed by atoms with Crippen molar-refractivity contribution in [2.75, 3.05) is 24.2 Å². The Hall–Kier alpha value is -2.16. The van der Waals surface area contributed by atoms with Gasteiger partial charge in [0.15, 0.2) is 9.84 Å². The van der Waals surface area contributed by atoms with Crippen molar-refractivity contribution in [3.8, 4) is 0 Å². The molecule has 0 spiro atoms. The molecular weight excluding hydrogens is 346 g/mol. The van der Waals surface area contributed by atoms with Crippen LogP contribution in [0.5, 0.6) is 0 Å². The standard InChI is InChI=1S/C16H23N3O5S/c1-3-5-16(20)17-12-6-4-9-18(11-12)14-8-7-13(19(21)22)10-15(14)25(2,23)24/h7-8,10,12H,3-6,9,11H2,1-2H3,(H,17,20). The van der Waals surface area contributed by atoms with Gasteiger partial charge in [-0.15, -0.1) is 0 Å². The SMILES string of the molecule is CCCC(=O)NC1CCCN(c2ccc([N+](=O)[O-])cc2S(C)(=O)=O)C1. The number of nitro groups is 1. The molecule has 0 aliphatic carbocycles. The molecule has 1 saturated heterocycles. The number of benzene rings is 1. The Labute approximate surface area is 147 Å². The highest BCUT2D eigenvalue weighted by atomic mass is 32.2. The van der Waals surface area contributed by atoms with Crippen LogP contribution in [0, 0.1) is 10.1 Å². The third kappa shape index (κ3) is 4.91. The van der Waals surface area contributed by atoms with Crippen molar-refractivity contribution in [3.05, 3.63) is 28.3 Å². The van der Waals surface area contributed by atoms with E-state index in [2.05, 4.69) is 5.32 Å². The average molecular weight is 369 g/mol. The van der Waals surface area contributed by atoms with E-state index in [1.165, 1.54) is 12.1 Å². The molecule has 1 amide bonds. The summed E-state index contributed by atoms with van der Waals surface area (Å²) in [5.41, 5.74) is 0.191. The topological polar surface area (TPSA) is 110 Å². The number of nitro benzene ring substituents is 1. The van der Waals surface area contributed by atoms with Crippen LogP contribution in [0.25, 0.3) is 0 Å². The van der Waals surface area contributed by atoms with Gasteiger partial charge >= 0.3 is 0 Å². The Morgan fingerprint density at radius 3 is 2.76 bits per heavy atom. The molecule has 0 bridgehead atoms. The fraction of sp³-hybridized carbons (Fsp3) is 0.562. The molecule has 1 aliphatic heterocycles. The number of carbonyl (C=O) groups excluding carboxylic acids is 1. The Balaban J connectivity index is 2.28. The molecule has 138 valence electrons. The van der Waals surface area contributed by atoms with E-state index in [0.29, 0.717) is 25.2 Å². The molecule has 1 aromatic rings. The lowest BCUT2D eigenvalue weighted by Crippen LogP contribution is -2.48. The predicted molar refractivity (Wildman–Crippen MR) is 94.5 cm³/mol. The summed E-state index contributed by atoms with van der Waals surface area (Å²) in [5.74, 6) is -0.0126. The lowest BCUT2D eigenvalue weighted by molar-refractivity contribution is -0.385. The van der Waals surface area contributed by atoms with Crippen molar-refractivity contribution < 1.29 is 18.1 Å². The summed E-state index contributed by atoms with van der Waals surface area (Å²) in [6.07, 6.45) is 3.90. The van der Waals surface area contributed by atoms with Gasteiger partial charge in [0.05, 0.1) is 15.5 Å². The number of hydrogen-bond donors (Lipinski definition) is 1. The highest BCUT2D eigenvalue weighted by molar-refractivity contribution is 7.90. The van der Waals surface area contributed by atoms with Crippen LogP contribution in [0.3, 0.4) is 0 Å². The minimum Gasteiger partial charge on any atom is -0.368 e. The second-order valence-electron chi connectivity index (χ2n) is 6.28. The molecule has 2 rings (SSSR count). The first-order valence-corrected chi connectivity index (χ1v) is 10.1. The number of nitrogens with one attached hydrogen (secondary N) is 1. The first-order chi connectivity index (χ1) is 11.7. The number of anilines is 1. The van der Waals surface area contributed by atoms with Crippen LogP contribution in [-0.4, -0.2) is 44.6 Å². The van der Waals surface area contributed by atoms with Crippen LogP contribution in [0.2, 0.25) is 0 Å². The zero-order chi connectivity index (χ0) is 18.6. The van der Waals surface area contributed by atoms with Crippen LogP contribution in [-0.2, 0) is 14.6 Å². The Morgan fingerprint density at radius 2 is 2.16 bits per heavy atom. The van der Waals surface area contributed by atoms with Gasteiger partial charge in [-0.1, -0.05) is 6.92 Å². The van der Waals surface area contributed by atoms with Crippen molar-refractivity contribution in [2.24, 2.45) is 0 Å². The van der Waals surface area contributed by atoms with Gasteiger partial charge in [0, 0.05) is 43.9 Å². The van der Waals surface area contributed by atoms with Gasteiger partial charge in [0.2, 0.25) is 5.91 Å². The highest BCUT2D eigenvalue weighted by Gasteiger charge is 2.26. The largest absolute Gasteiger partial charge is 0.368 e. The smallest absolute Gasteiger partial charge is 0.270 e. The zero-order valence-electron chi connectivity index (χ0n) is 14.4. The lowest BCUT2D eigenvalue weighted by atomic mass is 10.0. The number of nitrogens with zero attached hydrogens (tertiary/aromatic N) is 2. The minimum atomic E-state index is -3.62. The second-order valence-corrected chi connectivity index (χ2v) is 8.27. The monoisotopic (exact) mass is 369 g/mol. The summed E-state index contributed by atoms with van der Waals surface area (Å²) in [6.45, 7) is 3.05. The summed E-state index contributed by atoms with van der Waals surface area (Å²) >= 11 is 0. The Bertz CT molecular complexity index is 763. The molecule has 1 heterocycles. The summed E-state index contributed by atoms with van der Waals surface area (Å²) in [4.78, 5) is 24.0. The minimum absolute atomic E-state index is 0.0126. The molecule has 8 nitrogen and oxygen atoms in total. The number of sulfone groups is 1. The first-order valence-electron chi connectivity index (χ1n) is 8.25. The maximum atomic E-state index is 12.1. The molecule has 0 radical (unpaired) electrons. The van der Waals surface area contributed by atoms with Crippen LogP contribution in [0.15, 0.2) is 23.1 Å². The van der Waals surface area contributed by atoms with Gasteiger partial charge in [0.1, 0.15) is 0 Å². The summed E-state index contributed by atoms with van der Waals surface area (Å²) in [6, 6.07) is 3.83. The van der Waals surface area contributed by atoms with E-state index < -0.39 is 14.8 Å². The summed E-state index contributed by atoms with van der Waals surface area (Å²) in [7, 11) is -3.62. The molecule has 0 saturated carbocycles. The molecule has 1 N–H and O–H groups in total. The molecular formula is C16H23N3O5S. The number of hydrogen-bond acceptors (Lipinski definition) is 6. The first kappa shape index (κ1) is 19.2. The second kappa shape index (κ2) is 7.81. The Kier molecular flexibility index (Phi) is 5.99. The highest BCUT2D eigenvalue weighted by Crippen LogP contribution is 2.31. The quantitative estimate of drug-likeness (QED) is 0.606. The van der Waals surface area contributed by atoms with E-state index in [0.717, 1.165) is 31.6 Å². The normalized spacial score (nSPS) is 18.0. The van der Waals surface area contributed by atoms with Crippen molar-refractivity contribution >= 4 is 27.1 Å². The van der Waals surface area contributed by atoms with E-state index in [9.17, 15) is 23.3 Å². The van der Waals surface area contributed by atoms with Crippen LogP contribution < -0.4 is 10.2 Å². The third-order valence-corrected chi connectivity index (χ3v) is 5.28. The van der Waals surface area contributed by atoms with Crippen molar-refractivity contribution in [1.82, 2.24) is 5.32 Å². The molecule has 1 aliphatic rings. The lowest BCUT2D eigenvalue weighted by Gasteiger charge is -2.35. The predicted octanol–water partition coefficient (Wildman–Crippen LogP) is 1.88. The molecule has 0 aromatic heterocycles. The van der Waals surface area contributed by atoms with Gasteiger partial charge in [-0.05, 0) is 25.3 Å². The number of piperidine rings is 1. The molecule has 25 heavy (non-hydrogen) atoms. The molecule has 9 heteroatoms. The number of amides is 1. The third-order valence-electron chi connectivity index (χ3n) is 4.16. The van der Waals surface area contributed by atoms with E-state index in [-0.39, 0.29) is 22.5 Å². The van der Waals surface area contributed by atoms with Gasteiger partial charge < -0.3 is 10.2 Å². The van der Waals surface area contributed by atoms with Gasteiger partial charge in [-0.25, -0.2) is 8.42 Å². The van der Waals surface area contributed by atoms with Crippen LogP contribution in [0.1, 0.15) is 32.6 Å². The van der Waals surface area contributed by atoms with Crippen molar-refractivity contribution in [2.45, 2.75) is 43.5 Å². The summed E-state index contributed by atoms with van der Waals surface area (Å²) < 4.78 is 24.2. The fourth-order valence-corrected chi connectivity index (χ4v) is 3.93. The maximum Gasteiger partial charge on any atom is 0.270 e. The van der Waals surface area contributed by atoms with Crippen LogP contribution in [0.4, 0.5) is 11.4 Å². The van der Waals surface area contributed by atoms with Gasteiger partial charge in [0.25, 0.3) is 5.69 Å². The van der Waals surface area contributed by atoms with Crippen molar-refractivity contribution in [1.29, 1.82) is 0 Å². The molecule has 1 atom stereocenters. The number of non-ortho nitro benzene ring substituents is 1. The van der Waals surface area contributed by atoms with E-state index >= 15 is 0 Å². The van der Waals surface area contributed by atoms with Crippen LogP contribution >= 0.6 is 0 Å². The number of carbonyl (C=O) groups is 1. The van der Waals surface area contributed by atoms with Gasteiger partial charge in [-0.3, -0.25) is 14.9 Å². The van der Waals surface area contributed by atoms with E-state index in [4.69, 9.17) is 0 Å². The molecule has 1 fully saturated rings. The van der Waals surface area contributed by atoms with Crippen molar-refractivity contribution in [3.63, 3.8) is 0 Å². The fourth-order valence-electron chi connectivity index (χ4n) is 3.02. The average Bonchev–Trinajstić information content (AvgIpc) is 2.54. The van der Waals surface area contributed by atoms with E-state index in [1.54, 1.807) is 0 Å². The van der Waals surface area contributed by atoms with Gasteiger partial charge in [-0.2, -0.15) is 0 Å².